The number of rotatable bonds is 4. The number of halogens is 1. The van der Waals surface area contributed by atoms with Crippen molar-refractivity contribution in [1.29, 1.82) is 0 Å². The summed E-state index contributed by atoms with van der Waals surface area (Å²) in [6, 6.07) is 8.77. The second-order valence-electron chi connectivity index (χ2n) is 8.06. The quantitative estimate of drug-likeness (QED) is 0.402. The lowest BCUT2D eigenvalue weighted by atomic mass is 9.54. The zero-order valence-corrected chi connectivity index (χ0v) is 18.9. The molecular formula is C21H32IN3O2. The van der Waals surface area contributed by atoms with Crippen molar-refractivity contribution in [2.45, 2.75) is 50.8 Å². The van der Waals surface area contributed by atoms with Gasteiger partial charge in [-0.3, -0.25) is 4.99 Å². The van der Waals surface area contributed by atoms with Gasteiger partial charge in [0.1, 0.15) is 5.75 Å². The molecule has 3 fully saturated rings. The van der Waals surface area contributed by atoms with Crippen LogP contribution in [0, 0.1) is 11.3 Å². The normalized spacial score (nSPS) is 28.3. The van der Waals surface area contributed by atoms with E-state index in [0.29, 0.717) is 23.5 Å². The third-order valence-electron chi connectivity index (χ3n) is 6.72. The molecule has 3 aliphatic rings. The highest BCUT2D eigenvalue weighted by Crippen LogP contribution is 2.60. The Kier molecular flexibility index (Phi) is 6.56. The molecule has 0 bridgehead atoms. The van der Waals surface area contributed by atoms with Gasteiger partial charge in [0.05, 0.1) is 13.2 Å². The zero-order chi connectivity index (χ0) is 18.1. The van der Waals surface area contributed by atoms with Crippen LogP contribution >= 0.6 is 24.0 Å². The fourth-order valence-corrected chi connectivity index (χ4v) is 5.47. The molecule has 1 heterocycles. The summed E-state index contributed by atoms with van der Waals surface area (Å²) in [6.45, 7) is 1.75. The van der Waals surface area contributed by atoms with Crippen LogP contribution in [0.3, 0.4) is 0 Å². The minimum Gasteiger partial charge on any atom is -0.497 e. The minimum atomic E-state index is 0. The summed E-state index contributed by atoms with van der Waals surface area (Å²) in [7, 11) is 5.70. The summed E-state index contributed by atoms with van der Waals surface area (Å²) >= 11 is 0. The summed E-state index contributed by atoms with van der Waals surface area (Å²) in [5, 5.41) is 3.82. The summed E-state index contributed by atoms with van der Waals surface area (Å²) in [4.78, 5) is 6.79. The average Bonchev–Trinajstić information content (AvgIpc) is 3.31. The lowest BCUT2D eigenvalue weighted by molar-refractivity contribution is -0.125. The maximum Gasteiger partial charge on any atom is 0.193 e. The Balaban J connectivity index is 0.00000210. The van der Waals surface area contributed by atoms with Crippen molar-refractivity contribution in [3.8, 4) is 5.75 Å². The Morgan fingerprint density at radius 2 is 2.00 bits per heavy atom. The van der Waals surface area contributed by atoms with Gasteiger partial charge in [0.15, 0.2) is 5.96 Å². The third kappa shape index (κ3) is 3.67. The number of methoxy groups -OCH3 is 1. The first-order valence-electron chi connectivity index (χ1n) is 9.87. The number of hydrogen-bond acceptors (Lipinski definition) is 3. The molecule has 3 atom stereocenters. The average molecular weight is 485 g/mol. The summed E-state index contributed by atoms with van der Waals surface area (Å²) in [5.41, 5.74) is 1.60. The maximum absolute atomic E-state index is 6.11. The van der Waals surface area contributed by atoms with Crippen LogP contribution in [0.1, 0.15) is 37.7 Å². The Hall–Kier alpha value is -1.02. The third-order valence-corrected chi connectivity index (χ3v) is 6.72. The summed E-state index contributed by atoms with van der Waals surface area (Å²) in [5.74, 6) is 2.53. The number of guanidine groups is 1. The topological polar surface area (TPSA) is 46.1 Å². The molecule has 0 aromatic heterocycles. The highest BCUT2D eigenvalue weighted by atomic mass is 127. The van der Waals surface area contributed by atoms with Crippen LogP contribution in [-0.2, 0) is 11.3 Å². The molecule has 5 nitrogen and oxygen atoms in total. The molecule has 150 valence electrons. The van der Waals surface area contributed by atoms with Crippen LogP contribution < -0.4 is 10.1 Å². The highest BCUT2D eigenvalue weighted by Gasteiger charge is 2.65. The molecule has 6 heteroatoms. The molecule has 1 aromatic rings. The minimum absolute atomic E-state index is 0. The molecule has 1 spiro atoms. The first-order valence-corrected chi connectivity index (χ1v) is 9.87. The van der Waals surface area contributed by atoms with Crippen molar-refractivity contribution < 1.29 is 9.47 Å². The van der Waals surface area contributed by atoms with E-state index in [1.807, 2.05) is 19.2 Å². The second-order valence-corrected chi connectivity index (χ2v) is 8.06. The SMILES string of the molecule is CN=C(NC1C2CCOC2C12CCCC2)N(C)Cc1ccc(OC)cc1.I. The first-order chi connectivity index (χ1) is 12.7. The number of benzene rings is 1. The second kappa shape index (κ2) is 8.55. The zero-order valence-electron chi connectivity index (χ0n) is 16.6. The lowest BCUT2D eigenvalue weighted by Crippen LogP contribution is -2.69. The van der Waals surface area contributed by atoms with Crippen LogP contribution in [0.15, 0.2) is 29.3 Å². The van der Waals surface area contributed by atoms with Gasteiger partial charge in [-0.25, -0.2) is 0 Å². The van der Waals surface area contributed by atoms with Crippen molar-refractivity contribution >= 4 is 29.9 Å². The molecular weight excluding hydrogens is 453 g/mol. The van der Waals surface area contributed by atoms with E-state index in [1.165, 1.54) is 37.7 Å². The Labute approximate surface area is 179 Å². The van der Waals surface area contributed by atoms with Gasteiger partial charge >= 0.3 is 0 Å². The predicted octanol–water partition coefficient (Wildman–Crippen LogP) is 3.67. The van der Waals surface area contributed by atoms with E-state index in [1.54, 1.807) is 7.11 Å². The van der Waals surface area contributed by atoms with E-state index in [-0.39, 0.29) is 24.0 Å². The van der Waals surface area contributed by atoms with Crippen molar-refractivity contribution in [3.05, 3.63) is 29.8 Å². The molecule has 27 heavy (non-hydrogen) atoms. The molecule has 1 aliphatic heterocycles. The van der Waals surface area contributed by atoms with Gasteiger partial charge in [-0.1, -0.05) is 25.0 Å². The number of nitrogens with zero attached hydrogens (tertiary/aromatic N) is 2. The van der Waals surface area contributed by atoms with Crippen molar-refractivity contribution in [2.75, 3.05) is 27.8 Å². The van der Waals surface area contributed by atoms with Crippen molar-refractivity contribution in [3.63, 3.8) is 0 Å². The van der Waals surface area contributed by atoms with Gasteiger partial charge in [0.25, 0.3) is 0 Å². The monoisotopic (exact) mass is 485 g/mol. The maximum atomic E-state index is 6.11. The van der Waals surface area contributed by atoms with Gasteiger partial charge in [-0.2, -0.15) is 0 Å². The van der Waals surface area contributed by atoms with Crippen LogP contribution in [0.2, 0.25) is 0 Å². The molecule has 2 saturated carbocycles. The van der Waals surface area contributed by atoms with Gasteiger partial charge in [0.2, 0.25) is 0 Å². The van der Waals surface area contributed by atoms with Crippen LogP contribution in [-0.4, -0.2) is 50.8 Å². The molecule has 2 aliphatic carbocycles. The van der Waals surface area contributed by atoms with Gasteiger partial charge in [-0.05, 0) is 37.0 Å². The standard InChI is InChI=1S/C21H31N3O2.HI/c1-22-20(24(2)14-15-6-8-16(25-3)9-7-15)23-18-17-10-13-26-19(17)21(18)11-4-5-12-21;/h6-9,17-19H,4-5,10-14H2,1-3H3,(H,22,23);1H. The highest BCUT2D eigenvalue weighted by molar-refractivity contribution is 14.0. The number of nitrogens with one attached hydrogen (secondary N) is 1. The molecule has 1 saturated heterocycles. The van der Waals surface area contributed by atoms with Gasteiger partial charge < -0.3 is 19.7 Å². The van der Waals surface area contributed by atoms with Crippen LogP contribution in [0.5, 0.6) is 5.75 Å². The van der Waals surface area contributed by atoms with E-state index < -0.39 is 0 Å². The summed E-state index contributed by atoms with van der Waals surface area (Å²) in [6.07, 6.45) is 6.93. The smallest absolute Gasteiger partial charge is 0.193 e. The van der Waals surface area contributed by atoms with Crippen LogP contribution in [0.4, 0.5) is 0 Å². The van der Waals surface area contributed by atoms with E-state index >= 15 is 0 Å². The van der Waals surface area contributed by atoms with Crippen molar-refractivity contribution in [2.24, 2.45) is 16.3 Å². The molecule has 1 N–H and O–H groups in total. The Morgan fingerprint density at radius 1 is 1.30 bits per heavy atom. The first kappa shape index (κ1) is 20.7. The number of ether oxygens (including phenoxy) is 2. The Morgan fingerprint density at radius 3 is 2.63 bits per heavy atom. The molecule has 3 unspecified atom stereocenters. The largest absolute Gasteiger partial charge is 0.497 e. The van der Waals surface area contributed by atoms with Gasteiger partial charge in [-0.15, -0.1) is 24.0 Å². The number of fused-ring (bicyclic) bond motifs is 2. The summed E-state index contributed by atoms with van der Waals surface area (Å²) < 4.78 is 11.4. The molecule has 0 amide bonds. The van der Waals surface area contributed by atoms with E-state index in [2.05, 4.69) is 34.4 Å². The molecule has 4 rings (SSSR count). The number of hydrogen-bond donors (Lipinski definition) is 1. The van der Waals surface area contributed by atoms with E-state index in [0.717, 1.165) is 24.9 Å². The predicted molar refractivity (Wildman–Crippen MR) is 119 cm³/mol. The molecule has 1 aromatic carbocycles. The van der Waals surface area contributed by atoms with Crippen molar-refractivity contribution in [1.82, 2.24) is 10.2 Å². The van der Waals surface area contributed by atoms with Gasteiger partial charge in [0, 0.05) is 44.6 Å². The number of aliphatic imine (C=N–C) groups is 1. The Bertz CT molecular complexity index is 658. The van der Waals surface area contributed by atoms with Crippen LogP contribution in [0.25, 0.3) is 0 Å². The fourth-order valence-electron chi connectivity index (χ4n) is 5.47. The van der Waals surface area contributed by atoms with E-state index in [9.17, 15) is 0 Å². The fraction of sp³-hybridized carbons (Fsp3) is 0.667. The lowest BCUT2D eigenvalue weighted by Gasteiger charge is -2.57. The van der Waals surface area contributed by atoms with E-state index in [4.69, 9.17) is 9.47 Å². The molecule has 0 radical (unpaired) electrons.